The molecule has 0 saturated carbocycles. The number of hydrogen-bond donors (Lipinski definition) is 0. The van der Waals surface area contributed by atoms with E-state index in [1.807, 2.05) is 30.3 Å². The normalized spacial score (nSPS) is 11.7. The van der Waals surface area contributed by atoms with Gasteiger partial charge in [0.1, 0.15) is 5.75 Å². The molecule has 27 heavy (non-hydrogen) atoms. The number of aromatic nitrogens is 2. The van der Waals surface area contributed by atoms with Crippen molar-refractivity contribution in [1.82, 2.24) is 14.5 Å². The lowest BCUT2D eigenvalue weighted by molar-refractivity contribution is 0.414. The molecule has 7 nitrogen and oxygen atoms in total. The van der Waals surface area contributed by atoms with Crippen LogP contribution in [0.3, 0.4) is 0 Å². The third kappa shape index (κ3) is 4.49. The van der Waals surface area contributed by atoms with Crippen molar-refractivity contribution in [3.05, 3.63) is 54.1 Å². The van der Waals surface area contributed by atoms with Gasteiger partial charge in [0.05, 0.1) is 12.0 Å². The van der Waals surface area contributed by atoms with E-state index in [1.54, 1.807) is 25.3 Å². The number of methoxy groups -OCH3 is 1. The highest BCUT2D eigenvalue weighted by molar-refractivity contribution is 7.98. The van der Waals surface area contributed by atoms with Gasteiger partial charge in [0.2, 0.25) is 15.9 Å². The van der Waals surface area contributed by atoms with E-state index in [4.69, 9.17) is 9.15 Å². The first kappa shape index (κ1) is 19.4. The van der Waals surface area contributed by atoms with Crippen LogP contribution in [0.5, 0.6) is 5.75 Å². The Hall–Kier alpha value is -2.36. The van der Waals surface area contributed by atoms with Gasteiger partial charge in [0, 0.05) is 25.4 Å². The average Bonchev–Trinajstić information content (AvgIpc) is 3.15. The molecule has 0 radical (unpaired) electrons. The maximum absolute atomic E-state index is 12.2. The van der Waals surface area contributed by atoms with Crippen molar-refractivity contribution >= 4 is 21.8 Å². The maximum Gasteiger partial charge on any atom is 0.277 e. The molecule has 0 fully saturated rings. The zero-order valence-corrected chi connectivity index (χ0v) is 16.8. The van der Waals surface area contributed by atoms with Gasteiger partial charge in [0.15, 0.2) is 0 Å². The molecular formula is C18H19N3O4S2. The lowest BCUT2D eigenvalue weighted by atomic mass is 10.2. The summed E-state index contributed by atoms with van der Waals surface area (Å²) in [5, 5.41) is 8.51. The molecule has 142 valence electrons. The number of thioether (sulfide) groups is 1. The number of nitrogens with zero attached hydrogens (tertiary/aromatic N) is 3. The third-order valence-corrected chi connectivity index (χ3v) is 6.48. The van der Waals surface area contributed by atoms with Gasteiger partial charge in [-0.05, 0) is 42.0 Å². The highest BCUT2D eigenvalue weighted by Gasteiger charge is 2.17. The largest absolute Gasteiger partial charge is 0.497 e. The predicted molar refractivity (Wildman–Crippen MR) is 103 cm³/mol. The van der Waals surface area contributed by atoms with E-state index in [0.717, 1.165) is 16.9 Å². The van der Waals surface area contributed by atoms with Crippen LogP contribution < -0.4 is 4.74 Å². The van der Waals surface area contributed by atoms with Crippen molar-refractivity contribution < 1.29 is 17.6 Å². The highest BCUT2D eigenvalue weighted by atomic mass is 32.2. The molecule has 0 atom stereocenters. The number of hydrogen-bond acceptors (Lipinski definition) is 7. The molecule has 0 unspecified atom stereocenters. The summed E-state index contributed by atoms with van der Waals surface area (Å²) in [5.41, 5.74) is 1.65. The van der Waals surface area contributed by atoms with E-state index >= 15 is 0 Å². The van der Waals surface area contributed by atoms with Gasteiger partial charge in [-0.15, -0.1) is 10.2 Å². The van der Waals surface area contributed by atoms with Crippen molar-refractivity contribution in [2.75, 3.05) is 21.2 Å². The maximum atomic E-state index is 12.2. The Morgan fingerprint density at radius 2 is 1.85 bits per heavy atom. The molecule has 0 aliphatic carbocycles. The van der Waals surface area contributed by atoms with Gasteiger partial charge in [-0.25, -0.2) is 12.7 Å². The molecule has 2 aromatic carbocycles. The smallest absolute Gasteiger partial charge is 0.277 e. The van der Waals surface area contributed by atoms with E-state index in [0.29, 0.717) is 16.9 Å². The van der Waals surface area contributed by atoms with Crippen molar-refractivity contribution in [3.8, 4) is 17.2 Å². The fourth-order valence-electron chi connectivity index (χ4n) is 2.27. The van der Waals surface area contributed by atoms with Gasteiger partial charge >= 0.3 is 0 Å². The number of sulfonamides is 1. The molecule has 9 heteroatoms. The monoisotopic (exact) mass is 405 g/mol. The summed E-state index contributed by atoms with van der Waals surface area (Å²) in [7, 11) is 1.17. The van der Waals surface area contributed by atoms with Crippen LogP contribution in [0.25, 0.3) is 11.5 Å². The summed E-state index contributed by atoms with van der Waals surface area (Å²) < 4.78 is 36.5. The number of rotatable bonds is 7. The lowest BCUT2D eigenvalue weighted by Crippen LogP contribution is -2.22. The molecule has 0 N–H and O–H groups in total. The summed E-state index contributed by atoms with van der Waals surface area (Å²) in [5.74, 6) is 1.69. The van der Waals surface area contributed by atoms with Crippen molar-refractivity contribution in [2.24, 2.45) is 0 Å². The summed E-state index contributed by atoms with van der Waals surface area (Å²) >= 11 is 1.35. The van der Waals surface area contributed by atoms with Crippen molar-refractivity contribution in [3.63, 3.8) is 0 Å². The Labute approximate surface area is 162 Å². The van der Waals surface area contributed by atoms with Crippen LogP contribution in [0.2, 0.25) is 0 Å². The third-order valence-electron chi connectivity index (χ3n) is 3.78. The first-order valence-corrected chi connectivity index (χ1v) is 10.4. The molecule has 1 aromatic heterocycles. The quantitative estimate of drug-likeness (QED) is 0.558. The van der Waals surface area contributed by atoms with E-state index in [2.05, 4.69) is 10.2 Å². The first-order chi connectivity index (χ1) is 12.9. The Kier molecular flexibility index (Phi) is 5.83. The van der Waals surface area contributed by atoms with Crippen molar-refractivity contribution in [2.45, 2.75) is 15.9 Å². The minimum absolute atomic E-state index is 0.259. The Morgan fingerprint density at radius 3 is 2.52 bits per heavy atom. The van der Waals surface area contributed by atoms with Gasteiger partial charge in [-0.2, -0.15) is 0 Å². The van der Waals surface area contributed by atoms with Gasteiger partial charge < -0.3 is 9.15 Å². The van der Waals surface area contributed by atoms with Crippen LogP contribution in [0.1, 0.15) is 5.56 Å². The minimum atomic E-state index is -3.46. The second kappa shape index (κ2) is 8.12. The highest BCUT2D eigenvalue weighted by Crippen LogP contribution is 2.27. The minimum Gasteiger partial charge on any atom is -0.497 e. The number of benzene rings is 2. The molecule has 1 heterocycles. The van der Waals surface area contributed by atoms with E-state index < -0.39 is 10.0 Å². The van der Waals surface area contributed by atoms with E-state index in [9.17, 15) is 8.42 Å². The van der Waals surface area contributed by atoms with Crippen molar-refractivity contribution in [1.29, 1.82) is 0 Å². The molecule has 0 saturated heterocycles. The topological polar surface area (TPSA) is 85.5 Å². The van der Waals surface area contributed by atoms with Crippen LogP contribution in [0, 0.1) is 0 Å². The van der Waals surface area contributed by atoms with Crippen LogP contribution in [0.15, 0.2) is 63.1 Å². The standard InChI is InChI=1S/C18H19N3O4S2/c1-21(2)27(22,23)16-6-4-5-13(11-16)12-26-18-20-19-17(25-18)14-7-9-15(24-3)10-8-14/h4-11H,12H2,1-3H3. The second-order valence-electron chi connectivity index (χ2n) is 5.83. The fourth-order valence-corrected chi connectivity index (χ4v) is 3.95. The Balaban J connectivity index is 1.70. The van der Waals surface area contributed by atoms with E-state index in [-0.39, 0.29) is 4.90 Å². The SMILES string of the molecule is COc1ccc(-c2nnc(SCc3cccc(S(=O)(=O)N(C)C)c3)o2)cc1. The molecule has 0 amide bonds. The van der Waals surface area contributed by atoms with Gasteiger partial charge in [0.25, 0.3) is 5.22 Å². The van der Waals surface area contributed by atoms with Gasteiger partial charge in [-0.1, -0.05) is 23.9 Å². The predicted octanol–water partition coefficient (Wildman–Crippen LogP) is 3.29. The molecule has 0 aliphatic rings. The summed E-state index contributed by atoms with van der Waals surface area (Å²) in [4.78, 5) is 0.259. The summed E-state index contributed by atoms with van der Waals surface area (Å²) in [6.45, 7) is 0. The van der Waals surface area contributed by atoms with Crippen LogP contribution in [-0.4, -0.2) is 44.1 Å². The summed E-state index contributed by atoms with van der Waals surface area (Å²) in [6.07, 6.45) is 0. The lowest BCUT2D eigenvalue weighted by Gasteiger charge is -2.11. The molecule has 0 spiro atoms. The first-order valence-electron chi connectivity index (χ1n) is 8.02. The number of ether oxygens (including phenoxy) is 1. The molecule has 3 aromatic rings. The zero-order valence-electron chi connectivity index (χ0n) is 15.1. The average molecular weight is 406 g/mol. The molecule has 3 rings (SSSR count). The Bertz CT molecular complexity index is 1020. The van der Waals surface area contributed by atoms with Gasteiger partial charge in [-0.3, -0.25) is 0 Å². The van der Waals surface area contributed by atoms with E-state index in [1.165, 1.54) is 30.2 Å². The second-order valence-corrected chi connectivity index (χ2v) is 8.90. The summed E-state index contributed by atoms with van der Waals surface area (Å²) in [6, 6.07) is 14.2. The fraction of sp³-hybridized carbons (Fsp3) is 0.222. The van der Waals surface area contributed by atoms with Crippen LogP contribution >= 0.6 is 11.8 Å². The zero-order chi connectivity index (χ0) is 19.4. The molecular weight excluding hydrogens is 386 g/mol. The Morgan fingerprint density at radius 1 is 1.11 bits per heavy atom. The molecule has 0 aliphatic heterocycles. The van der Waals surface area contributed by atoms with Crippen LogP contribution in [0.4, 0.5) is 0 Å². The molecule has 0 bridgehead atoms. The van der Waals surface area contributed by atoms with Crippen LogP contribution in [-0.2, 0) is 15.8 Å².